The molecule has 2 aromatic rings. The van der Waals surface area contributed by atoms with Gasteiger partial charge in [0, 0.05) is 24.0 Å². The van der Waals surface area contributed by atoms with Crippen LogP contribution in [0.4, 0.5) is 0 Å². The van der Waals surface area contributed by atoms with Crippen LogP contribution in [0.2, 0.25) is 0 Å². The zero-order valence-corrected chi connectivity index (χ0v) is 15.2. The second kappa shape index (κ2) is 7.55. The third kappa shape index (κ3) is 4.40. The van der Waals surface area contributed by atoms with Gasteiger partial charge in [0.25, 0.3) is 0 Å². The van der Waals surface area contributed by atoms with Gasteiger partial charge in [0.15, 0.2) is 0 Å². The van der Waals surface area contributed by atoms with Crippen LogP contribution in [0.3, 0.4) is 0 Å². The minimum absolute atomic E-state index is 0.405. The van der Waals surface area contributed by atoms with Gasteiger partial charge in [-0.25, -0.2) is 0 Å². The minimum Gasteiger partial charge on any atom is -0.314 e. The highest BCUT2D eigenvalue weighted by Crippen LogP contribution is 2.20. The largest absolute Gasteiger partial charge is 0.314 e. The van der Waals surface area contributed by atoms with E-state index < -0.39 is 0 Å². The third-order valence-electron chi connectivity index (χ3n) is 4.35. The van der Waals surface area contributed by atoms with Crippen LogP contribution >= 0.6 is 11.3 Å². The summed E-state index contributed by atoms with van der Waals surface area (Å²) in [6.45, 7) is 9.76. The molecule has 2 aromatic heterocycles. The number of likely N-dealkylation sites (tertiary alicyclic amines) is 1. The lowest BCUT2D eigenvalue weighted by atomic mass is 10.3. The summed E-state index contributed by atoms with van der Waals surface area (Å²) in [4.78, 5) is 6.30. The highest BCUT2D eigenvalue weighted by molar-refractivity contribution is 7.10. The van der Waals surface area contributed by atoms with Crippen molar-refractivity contribution in [2.45, 2.75) is 52.4 Å². The van der Waals surface area contributed by atoms with E-state index in [4.69, 9.17) is 0 Å². The van der Waals surface area contributed by atoms with Gasteiger partial charge in [-0.2, -0.15) is 0 Å². The van der Waals surface area contributed by atoms with E-state index in [1.807, 2.05) is 17.7 Å². The molecule has 0 saturated carbocycles. The van der Waals surface area contributed by atoms with Gasteiger partial charge < -0.3 is 4.57 Å². The van der Waals surface area contributed by atoms with Gasteiger partial charge in [-0.3, -0.25) is 9.80 Å². The van der Waals surface area contributed by atoms with Crippen LogP contribution in [0.25, 0.3) is 0 Å². The average Bonchev–Trinajstić information content (AvgIpc) is 3.21. The molecule has 0 aromatic carbocycles. The van der Waals surface area contributed by atoms with Crippen molar-refractivity contribution in [2.24, 2.45) is 0 Å². The molecule has 1 aliphatic rings. The van der Waals surface area contributed by atoms with E-state index >= 15 is 0 Å². The molecule has 1 saturated heterocycles. The summed E-state index contributed by atoms with van der Waals surface area (Å²) in [6.07, 6.45) is 4.54. The predicted octanol–water partition coefficient (Wildman–Crippen LogP) is 3.15. The molecule has 3 rings (SSSR count). The molecule has 1 fully saturated rings. The van der Waals surface area contributed by atoms with E-state index in [2.05, 4.69) is 56.9 Å². The first-order chi connectivity index (χ1) is 11.1. The molecule has 1 aliphatic heterocycles. The summed E-state index contributed by atoms with van der Waals surface area (Å²) >= 11 is 1.87. The van der Waals surface area contributed by atoms with Crippen molar-refractivity contribution in [2.75, 3.05) is 20.1 Å². The second-order valence-electron chi connectivity index (χ2n) is 6.82. The Kier molecular flexibility index (Phi) is 5.46. The Morgan fingerprint density at radius 3 is 2.78 bits per heavy atom. The van der Waals surface area contributed by atoms with E-state index in [1.54, 1.807) is 0 Å². The van der Waals surface area contributed by atoms with E-state index in [9.17, 15) is 0 Å². The first-order valence-electron chi connectivity index (χ1n) is 8.47. The van der Waals surface area contributed by atoms with Gasteiger partial charge in [0.1, 0.15) is 12.2 Å². The molecule has 0 amide bonds. The highest BCUT2D eigenvalue weighted by atomic mass is 32.1. The number of hydrogen-bond donors (Lipinski definition) is 0. The molecule has 0 aliphatic carbocycles. The van der Waals surface area contributed by atoms with Gasteiger partial charge in [0.05, 0.1) is 6.54 Å². The summed E-state index contributed by atoms with van der Waals surface area (Å²) in [5.74, 6) is 1.04. The van der Waals surface area contributed by atoms with Crippen molar-refractivity contribution < 1.29 is 0 Å². The molecule has 6 heteroatoms. The Hall–Kier alpha value is -1.24. The number of aromatic nitrogens is 3. The summed E-state index contributed by atoms with van der Waals surface area (Å²) in [5, 5.41) is 10.6. The van der Waals surface area contributed by atoms with Gasteiger partial charge in [-0.05, 0) is 63.8 Å². The maximum atomic E-state index is 4.26. The molecule has 0 N–H and O–H groups in total. The molecule has 0 radical (unpaired) electrons. The van der Waals surface area contributed by atoms with Gasteiger partial charge in [-0.1, -0.05) is 0 Å². The SMILES string of the molecule is CC(C)n1cnnc1CN(C)Cc1cc(CN2CCCC2)cs1. The standard InChI is InChI=1S/C17H27N5S/c1-14(2)22-13-18-19-17(22)11-20(3)10-16-8-15(12-23-16)9-21-6-4-5-7-21/h8,12-14H,4-7,9-11H2,1-3H3. The van der Waals surface area contributed by atoms with Crippen LogP contribution < -0.4 is 0 Å². The molecule has 0 spiro atoms. The first kappa shape index (κ1) is 16.6. The van der Waals surface area contributed by atoms with Crippen LogP contribution in [0.15, 0.2) is 17.8 Å². The summed E-state index contributed by atoms with van der Waals surface area (Å²) in [5.41, 5.74) is 1.46. The van der Waals surface area contributed by atoms with Crippen molar-refractivity contribution in [1.29, 1.82) is 0 Å². The smallest absolute Gasteiger partial charge is 0.147 e. The second-order valence-corrected chi connectivity index (χ2v) is 7.82. The lowest BCUT2D eigenvalue weighted by Gasteiger charge is -2.17. The van der Waals surface area contributed by atoms with Crippen LogP contribution in [-0.4, -0.2) is 44.7 Å². The van der Waals surface area contributed by atoms with Crippen molar-refractivity contribution >= 4 is 11.3 Å². The average molecular weight is 334 g/mol. The lowest BCUT2D eigenvalue weighted by Crippen LogP contribution is -2.20. The minimum atomic E-state index is 0.405. The van der Waals surface area contributed by atoms with Gasteiger partial charge in [-0.15, -0.1) is 21.5 Å². The Morgan fingerprint density at radius 2 is 2.04 bits per heavy atom. The van der Waals surface area contributed by atoms with E-state index in [1.165, 1.54) is 36.4 Å². The number of thiophene rings is 1. The molecule has 23 heavy (non-hydrogen) atoms. The zero-order valence-electron chi connectivity index (χ0n) is 14.4. The van der Waals surface area contributed by atoms with E-state index in [0.29, 0.717) is 6.04 Å². The molecule has 126 valence electrons. The molecule has 5 nitrogen and oxygen atoms in total. The fourth-order valence-corrected chi connectivity index (χ4v) is 4.13. The summed E-state index contributed by atoms with van der Waals surface area (Å²) in [7, 11) is 2.15. The quantitative estimate of drug-likeness (QED) is 0.780. The molecular weight excluding hydrogens is 306 g/mol. The number of rotatable bonds is 7. The third-order valence-corrected chi connectivity index (χ3v) is 5.32. The predicted molar refractivity (Wildman–Crippen MR) is 94.4 cm³/mol. The first-order valence-corrected chi connectivity index (χ1v) is 9.35. The maximum absolute atomic E-state index is 4.26. The topological polar surface area (TPSA) is 37.2 Å². The Morgan fingerprint density at radius 1 is 1.26 bits per heavy atom. The zero-order chi connectivity index (χ0) is 16.2. The van der Waals surface area contributed by atoms with Crippen LogP contribution in [0.5, 0.6) is 0 Å². The van der Waals surface area contributed by atoms with Crippen molar-refractivity contribution in [3.05, 3.63) is 34.0 Å². The molecular formula is C17H27N5S. The number of hydrogen-bond acceptors (Lipinski definition) is 5. The Labute approximate surface area is 142 Å². The monoisotopic (exact) mass is 333 g/mol. The van der Waals surface area contributed by atoms with Crippen molar-refractivity contribution in [3.8, 4) is 0 Å². The molecule has 0 bridgehead atoms. The fraction of sp³-hybridized carbons (Fsp3) is 0.647. The van der Waals surface area contributed by atoms with Gasteiger partial charge in [0.2, 0.25) is 0 Å². The van der Waals surface area contributed by atoms with E-state index in [-0.39, 0.29) is 0 Å². The number of nitrogens with zero attached hydrogens (tertiary/aromatic N) is 5. The summed E-state index contributed by atoms with van der Waals surface area (Å²) in [6, 6.07) is 2.77. The normalized spacial score (nSPS) is 16.0. The van der Waals surface area contributed by atoms with Crippen molar-refractivity contribution in [1.82, 2.24) is 24.6 Å². The maximum Gasteiger partial charge on any atom is 0.147 e. The van der Waals surface area contributed by atoms with E-state index in [0.717, 1.165) is 25.5 Å². The highest BCUT2D eigenvalue weighted by Gasteiger charge is 2.14. The van der Waals surface area contributed by atoms with Crippen LogP contribution in [-0.2, 0) is 19.6 Å². The van der Waals surface area contributed by atoms with Crippen LogP contribution in [0, 0.1) is 0 Å². The molecule has 3 heterocycles. The fourth-order valence-electron chi connectivity index (χ4n) is 3.17. The Bertz CT molecular complexity index is 612. The lowest BCUT2D eigenvalue weighted by molar-refractivity contribution is 0.304. The van der Waals surface area contributed by atoms with Gasteiger partial charge >= 0.3 is 0 Å². The Balaban J connectivity index is 1.54. The molecule has 0 unspecified atom stereocenters. The van der Waals surface area contributed by atoms with Crippen LogP contribution in [0.1, 0.15) is 49.0 Å². The molecule has 0 atom stereocenters. The van der Waals surface area contributed by atoms with Crippen molar-refractivity contribution in [3.63, 3.8) is 0 Å². The summed E-state index contributed by atoms with van der Waals surface area (Å²) < 4.78 is 2.14.